The van der Waals surface area contributed by atoms with Crippen molar-refractivity contribution in [2.45, 2.75) is 26.2 Å². The highest BCUT2D eigenvalue weighted by atomic mass is 32.2. The first-order chi connectivity index (χ1) is 7.53. The second kappa shape index (κ2) is 6.39. The zero-order chi connectivity index (χ0) is 12.0. The van der Waals surface area contributed by atoms with Crippen molar-refractivity contribution in [1.82, 2.24) is 10.6 Å². The minimum Gasteiger partial charge on any atom is -0.363 e. The number of hydrogen-bond acceptors (Lipinski definition) is 3. The number of hydrogen-bond donors (Lipinski definition) is 2. The van der Waals surface area contributed by atoms with Gasteiger partial charge in [-0.15, -0.1) is 0 Å². The van der Waals surface area contributed by atoms with Gasteiger partial charge in [-0.05, 0) is 31.0 Å². The molecule has 0 spiro atoms. The van der Waals surface area contributed by atoms with E-state index in [2.05, 4.69) is 17.6 Å². The number of thiocarbonyl (C=S) groups is 1. The standard InChI is InChI=1S/C10H20N2O2S2/c1-2-3-5-11-10(15)12-7-9-4-6-16(13,14)8-9/h9H,2-8H2,1H3,(H2,11,12,15)/t9-/m1/s1. The molecule has 0 aromatic heterocycles. The summed E-state index contributed by atoms with van der Waals surface area (Å²) >= 11 is 5.09. The van der Waals surface area contributed by atoms with E-state index in [9.17, 15) is 8.42 Å². The van der Waals surface area contributed by atoms with Crippen molar-refractivity contribution in [3.63, 3.8) is 0 Å². The highest BCUT2D eigenvalue weighted by molar-refractivity contribution is 7.91. The third-order valence-corrected chi connectivity index (χ3v) is 4.82. The highest BCUT2D eigenvalue weighted by Crippen LogP contribution is 2.17. The first-order valence-corrected chi connectivity index (χ1v) is 7.98. The third-order valence-electron chi connectivity index (χ3n) is 2.69. The number of rotatable bonds is 5. The molecule has 0 unspecified atom stereocenters. The smallest absolute Gasteiger partial charge is 0.166 e. The lowest BCUT2D eigenvalue weighted by Crippen LogP contribution is -2.38. The average Bonchev–Trinajstić information content (AvgIpc) is 2.56. The van der Waals surface area contributed by atoms with Gasteiger partial charge in [0.15, 0.2) is 14.9 Å². The maximum atomic E-state index is 11.2. The van der Waals surface area contributed by atoms with Gasteiger partial charge in [-0.25, -0.2) is 8.42 Å². The Bertz CT molecular complexity index is 328. The minimum atomic E-state index is -2.77. The lowest BCUT2D eigenvalue weighted by Gasteiger charge is -2.12. The van der Waals surface area contributed by atoms with Crippen LogP contribution in [-0.2, 0) is 9.84 Å². The fraction of sp³-hybridized carbons (Fsp3) is 0.900. The van der Waals surface area contributed by atoms with Crippen LogP contribution >= 0.6 is 12.2 Å². The van der Waals surface area contributed by atoms with Crippen molar-refractivity contribution in [3.8, 4) is 0 Å². The van der Waals surface area contributed by atoms with Crippen molar-refractivity contribution in [3.05, 3.63) is 0 Å². The SMILES string of the molecule is CCCCNC(=S)NC[C@H]1CCS(=O)(=O)C1. The molecule has 0 aliphatic carbocycles. The summed E-state index contributed by atoms with van der Waals surface area (Å²) in [5.74, 6) is 0.850. The van der Waals surface area contributed by atoms with Crippen LogP contribution in [-0.4, -0.2) is 38.1 Å². The monoisotopic (exact) mass is 264 g/mol. The van der Waals surface area contributed by atoms with E-state index in [1.807, 2.05) is 0 Å². The topological polar surface area (TPSA) is 58.2 Å². The van der Waals surface area contributed by atoms with Gasteiger partial charge in [0.2, 0.25) is 0 Å². The van der Waals surface area contributed by atoms with E-state index in [1.54, 1.807) is 0 Å². The van der Waals surface area contributed by atoms with Crippen LogP contribution in [0.3, 0.4) is 0 Å². The van der Waals surface area contributed by atoms with Crippen LogP contribution in [0.5, 0.6) is 0 Å². The summed E-state index contributed by atoms with van der Waals surface area (Å²) in [6, 6.07) is 0. The van der Waals surface area contributed by atoms with Crippen molar-refractivity contribution in [1.29, 1.82) is 0 Å². The second-order valence-electron chi connectivity index (χ2n) is 4.26. The van der Waals surface area contributed by atoms with Crippen LogP contribution in [0.25, 0.3) is 0 Å². The molecule has 0 bridgehead atoms. The Morgan fingerprint density at radius 3 is 2.75 bits per heavy atom. The maximum absolute atomic E-state index is 11.2. The Morgan fingerprint density at radius 2 is 2.19 bits per heavy atom. The molecule has 0 aromatic carbocycles. The summed E-state index contributed by atoms with van der Waals surface area (Å²) < 4.78 is 22.4. The van der Waals surface area contributed by atoms with E-state index in [-0.39, 0.29) is 5.92 Å². The molecule has 2 N–H and O–H groups in total. The van der Waals surface area contributed by atoms with Gasteiger partial charge in [-0.2, -0.15) is 0 Å². The molecule has 1 atom stereocenters. The predicted molar refractivity (Wildman–Crippen MR) is 70.3 cm³/mol. The van der Waals surface area contributed by atoms with Crippen molar-refractivity contribution < 1.29 is 8.42 Å². The summed E-state index contributed by atoms with van der Waals surface area (Å²) in [5.41, 5.74) is 0. The van der Waals surface area contributed by atoms with Gasteiger partial charge in [-0.3, -0.25) is 0 Å². The fourth-order valence-corrected chi connectivity index (χ4v) is 3.76. The first-order valence-electron chi connectivity index (χ1n) is 5.75. The number of sulfone groups is 1. The lowest BCUT2D eigenvalue weighted by molar-refractivity contribution is 0.569. The minimum absolute atomic E-state index is 0.218. The van der Waals surface area contributed by atoms with Crippen molar-refractivity contribution in [2.24, 2.45) is 5.92 Å². The Labute approximate surface area is 103 Å². The summed E-state index contributed by atoms with van der Waals surface area (Å²) in [7, 11) is -2.77. The van der Waals surface area contributed by atoms with Crippen LogP contribution in [0.2, 0.25) is 0 Å². The van der Waals surface area contributed by atoms with Gasteiger partial charge in [0, 0.05) is 13.1 Å². The van der Waals surface area contributed by atoms with Crippen LogP contribution in [0, 0.1) is 5.92 Å². The van der Waals surface area contributed by atoms with Crippen LogP contribution in [0.1, 0.15) is 26.2 Å². The van der Waals surface area contributed by atoms with E-state index in [0.717, 1.165) is 25.8 Å². The molecule has 6 heteroatoms. The quantitative estimate of drug-likeness (QED) is 0.565. The summed E-state index contributed by atoms with van der Waals surface area (Å²) in [6.07, 6.45) is 2.99. The summed E-state index contributed by atoms with van der Waals surface area (Å²) in [5, 5.41) is 6.81. The molecule has 16 heavy (non-hydrogen) atoms. The molecule has 0 saturated carbocycles. The third kappa shape index (κ3) is 5.12. The van der Waals surface area contributed by atoms with E-state index in [4.69, 9.17) is 12.2 Å². The van der Waals surface area contributed by atoms with Gasteiger partial charge >= 0.3 is 0 Å². The molecule has 1 heterocycles. The van der Waals surface area contributed by atoms with E-state index < -0.39 is 9.84 Å². The van der Waals surface area contributed by atoms with Crippen LogP contribution < -0.4 is 10.6 Å². The second-order valence-corrected chi connectivity index (χ2v) is 6.90. The van der Waals surface area contributed by atoms with Crippen LogP contribution in [0.15, 0.2) is 0 Å². The van der Waals surface area contributed by atoms with Crippen molar-refractivity contribution in [2.75, 3.05) is 24.6 Å². The Balaban J connectivity index is 2.13. The van der Waals surface area contributed by atoms with E-state index >= 15 is 0 Å². The Kier molecular flexibility index (Phi) is 5.48. The van der Waals surface area contributed by atoms with Gasteiger partial charge < -0.3 is 10.6 Å². The molecule has 94 valence electrons. The maximum Gasteiger partial charge on any atom is 0.166 e. The van der Waals surface area contributed by atoms with E-state index in [1.165, 1.54) is 0 Å². The normalized spacial score (nSPS) is 22.9. The summed E-state index contributed by atoms with van der Waals surface area (Å²) in [4.78, 5) is 0. The van der Waals surface area contributed by atoms with Gasteiger partial charge in [-0.1, -0.05) is 13.3 Å². The molecule has 0 radical (unpaired) electrons. The Hall–Kier alpha value is -0.360. The zero-order valence-electron chi connectivity index (χ0n) is 9.66. The molecule has 1 rings (SSSR count). The van der Waals surface area contributed by atoms with Crippen molar-refractivity contribution >= 4 is 27.2 Å². The largest absolute Gasteiger partial charge is 0.363 e. The number of unbranched alkanes of at least 4 members (excludes halogenated alkanes) is 1. The molecular formula is C10H20N2O2S2. The van der Waals surface area contributed by atoms with E-state index in [0.29, 0.717) is 23.2 Å². The van der Waals surface area contributed by atoms with Gasteiger partial charge in [0.1, 0.15) is 0 Å². The average molecular weight is 264 g/mol. The Morgan fingerprint density at radius 1 is 1.44 bits per heavy atom. The molecular weight excluding hydrogens is 244 g/mol. The molecule has 1 aliphatic heterocycles. The molecule has 1 aliphatic rings. The molecule has 4 nitrogen and oxygen atoms in total. The molecule has 1 fully saturated rings. The van der Waals surface area contributed by atoms with Gasteiger partial charge in [0.05, 0.1) is 11.5 Å². The first kappa shape index (κ1) is 13.7. The highest BCUT2D eigenvalue weighted by Gasteiger charge is 2.27. The van der Waals surface area contributed by atoms with Crippen LogP contribution in [0.4, 0.5) is 0 Å². The molecule has 0 amide bonds. The molecule has 0 aromatic rings. The van der Waals surface area contributed by atoms with Gasteiger partial charge in [0.25, 0.3) is 0 Å². The fourth-order valence-electron chi connectivity index (χ4n) is 1.71. The number of nitrogens with one attached hydrogen (secondary N) is 2. The molecule has 1 saturated heterocycles. The lowest BCUT2D eigenvalue weighted by atomic mass is 10.1. The zero-order valence-corrected chi connectivity index (χ0v) is 11.3. The summed E-state index contributed by atoms with van der Waals surface area (Å²) in [6.45, 7) is 3.67. The predicted octanol–water partition coefficient (Wildman–Crippen LogP) is 0.685.